The molecule has 0 fully saturated rings. The van der Waals surface area contributed by atoms with Crippen molar-refractivity contribution in [3.05, 3.63) is 30.2 Å². The summed E-state index contributed by atoms with van der Waals surface area (Å²) in [6.07, 6.45) is 5.91. The third-order valence-corrected chi connectivity index (χ3v) is 2.56. The smallest absolute Gasteiger partial charge is 0.0645 e. The Morgan fingerprint density at radius 2 is 2.33 bits per heavy atom. The Labute approximate surface area is 89.7 Å². The Kier molecular flexibility index (Phi) is 3.02. The highest BCUT2D eigenvalue weighted by molar-refractivity contribution is 5.82. The van der Waals surface area contributed by atoms with Gasteiger partial charge in [-0.2, -0.15) is 0 Å². The highest BCUT2D eigenvalue weighted by atomic mass is 16.5. The molecule has 0 atom stereocenters. The van der Waals surface area contributed by atoms with Gasteiger partial charge in [0.05, 0.1) is 12.1 Å². The number of fused-ring (bicyclic) bond motifs is 1. The third kappa shape index (κ3) is 2.02. The predicted octanol–water partition coefficient (Wildman–Crippen LogP) is 2.38. The summed E-state index contributed by atoms with van der Waals surface area (Å²) in [5, 5.41) is 1.23. The molecular weight excluding hydrogens is 188 g/mol. The number of pyridine rings is 1. The quantitative estimate of drug-likeness (QED) is 0.715. The van der Waals surface area contributed by atoms with Gasteiger partial charge in [0.2, 0.25) is 0 Å². The first-order valence-electron chi connectivity index (χ1n) is 5.30. The highest BCUT2D eigenvalue weighted by Crippen LogP contribution is 2.18. The normalized spacial score (nSPS) is 11.1. The van der Waals surface area contributed by atoms with Gasteiger partial charge in [0.15, 0.2) is 0 Å². The molecule has 0 radical (unpaired) electrons. The molecule has 0 bridgehead atoms. The largest absolute Gasteiger partial charge is 0.380 e. The van der Waals surface area contributed by atoms with Crippen molar-refractivity contribution in [3.8, 4) is 0 Å². The van der Waals surface area contributed by atoms with E-state index in [0.29, 0.717) is 0 Å². The number of aryl methyl sites for hydroxylation is 1. The SMILES string of the molecule is CCOCCn1cc(C)c2cnccc21. The summed E-state index contributed by atoms with van der Waals surface area (Å²) < 4.78 is 7.58. The molecule has 15 heavy (non-hydrogen) atoms. The van der Waals surface area contributed by atoms with Crippen LogP contribution < -0.4 is 0 Å². The molecule has 0 aliphatic rings. The molecule has 2 heterocycles. The van der Waals surface area contributed by atoms with Crippen LogP contribution in [0.3, 0.4) is 0 Å². The van der Waals surface area contributed by atoms with Gasteiger partial charge in [-0.15, -0.1) is 0 Å². The standard InChI is InChI=1S/C12H16N2O/c1-3-15-7-6-14-9-10(2)11-8-13-5-4-12(11)14/h4-5,8-9H,3,6-7H2,1-2H3. The lowest BCUT2D eigenvalue weighted by atomic mass is 10.2. The van der Waals surface area contributed by atoms with Crippen LogP contribution in [0.4, 0.5) is 0 Å². The monoisotopic (exact) mass is 204 g/mol. The van der Waals surface area contributed by atoms with Crippen molar-refractivity contribution < 1.29 is 4.74 Å². The van der Waals surface area contributed by atoms with Crippen LogP contribution in [-0.2, 0) is 11.3 Å². The van der Waals surface area contributed by atoms with Crippen LogP contribution in [0.2, 0.25) is 0 Å². The van der Waals surface area contributed by atoms with E-state index < -0.39 is 0 Å². The Balaban J connectivity index is 2.27. The maximum atomic E-state index is 5.36. The average Bonchev–Trinajstić information content (AvgIpc) is 2.58. The first-order valence-corrected chi connectivity index (χ1v) is 5.30. The van der Waals surface area contributed by atoms with E-state index in [0.717, 1.165) is 19.8 Å². The van der Waals surface area contributed by atoms with Gasteiger partial charge in [-0.3, -0.25) is 4.98 Å². The molecule has 0 amide bonds. The van der Waals surface area contributed by atoms with Crippen LogP contribution in [0.1, 0.15) is 12.5 Å². The summed E-state index contributed by atoms with van der Waals surface area (Å²) >= 11 is 0. The fraction of sp³-hybridized carbons (Fsp3) is 0.417. The molecule has 0 aliphatic carbocycles. The maximum absolute atomic E-state index is 5.36. The lowest BCUT2D eigenvalue weighted by molar-refractivity contribution is 0.140. The van der Waals surface area contributed by atoms with E-state index in [1.54, 1.807) is 0 Å². The van der Waals surface area contributed by atoms with E-state index in [4.69, 9.17) is 4.74 Å². The van der Waals surface area contributed by atoms with Gasteiger partial charge in [0.25, 0.3) is 0 Å². The van der Waals surface area contributed by atoms with E-state index in [2.05, 4.69) is 22.7 Å². The van der Waals surface area contributed by atoms with Crippen LogP contribution in [0.15, 0.2) is 24.7 Å². The molecule has 0 aromatic carbocycles. The van der Waals surface area contributed by atoms with Gasteiger partial charge in [0, 0.05) is 37.1 Å². The molecule has 80 valence electrons. The van der Waals surface area contributed by atoms with Crippen LogP contribution in [0.5, 0.6) is 0 Å². The topological polar surface area (TPSA) is 27.1 Å². The summed E-state index contributed by atoms with van der Waals surface area (Å²) in [6.45, 7) is 6.58. The minimum absolute atomic E-state index is 0.766. The Morgan fingerprint density at radius 1 is 1.47 bits per heavy atom. The molecule has 2 aromatic heterocycles. The van der Waals surface area contributed by atoms with Gasteiger partial charge in [-0.25, -0.2) is 0 Å². The average molecular weight is 204 g/mol. The Bertz CT molecular complexity index is 448. The fourth-order valence-electron chi connectivity index (χ4n) is 1.81. The minimum Gasteiger partial charge on any atom is -0.380 e. The molecule has 0 N–H and O–H groups in total. The van der Waals surface area contributed by atoms with E-state index >= 15 is 0 Å². The zero-order chi connectivity index (χ0) is 10.7. The van der Waals surface area contributed by atoms with Gasteiger partial charge in [-0.05, 0) is 25.5 Å². The number of nitrogens with zero attached hydrogens (tertiary/aromatic N) is 2. The van der Waals surface area contributed by atoms with Gasteiger partial charge in [0.1, 0.15) is 0 Å². The van der Waals surface area contributed by atoms with Crippen molar-refractivity contribution in [3.63, 3.8) is 0 Å². The lowest BCUT2D eigenvalue weighted by Crippen LogP contribution is -2.04. The number of rotatable bonds is 4. The van der Waals surface area contributed by atoms with Crippen LogP contribution in [0, 0.1) is 6.92 Å². The maximum Gasteiger partial charge on any atom is 0.0645 e. The predicted molar refractivity (Wildman–Crippen MR) is 61.0 cm³/mol. The highest BCUT2D eigenvalue weighted by Gasteiger charge is 2.03. The molecule has 0 saturated heterocycles. The molecule has 2 aromatic rings. The molecule has 0 spiro atoms. The first-order chi connectivity index (χ1) is 7.33. The van der Waals surface area contributed by atoms with Crippen molar-refractivity contribution in [1.29, 1.82) is 0 Å². The molecule has 2 rings (SSSR count). The summed E-state index contributed by atoms with van der Waals surface area (Å²) in [7, 11) is 0. The molecule has 0 aliphatic heterocycles. The summed E-state index contributed by atoms with van der Waals surface area (Å²) in [6, 6.07) is 2.05. The molecular formula is C12H16N2O. The number of hydrogen-bond donors (Lipinski definition) is 0. The van der Waals surface area contributed by atoms with Crippen molar-refractivity contribution >= 4 is 10.9 Å². The van der Waals surface area contributed by atoms with E-state index in [-0.39, 0.29) is 0 Å². The zero-order valence-electron chi connectivity index (χ0n) is 9.23. The molecule has 0 unspecified atom stereocenters. The summed E-state index contributed by atoms with van der Waals surface area (Å²) in [5.41, 5.74) is 2.51. The number of hydrogen-bond acceptors (Lipinski definition) is 2. The Morgan fingerprint density at radius 3 is 3.13 bits per heavy atom. The summed E-state index contributed by atoms with van der Waals surface area (Å²) in [5.74, 6) is 0. The van der Waals surface area contributed by atoms with Gasteiger partial charge >= 0.3 is 0 Å². The van der Waals surface area contributed by atoms with Crippen molar-refractivity contribution in [2.75, 3.05) is 13.2 Å². The van der Waals surface area contributed by atoms with Crippen LogP contribution >= 0.6 is 0 Å². The van der Waals surface area contributed by atoms with E-state index in [1.165, 1.54) is 16.5 Å². The van der Waals surface area contributed by atoms with E-state index in [1.807, 2.05) is 25.4 Å². The van der Waals surface area contributed by atoms with Crippen molar-refractivity contribution in [2.45, 2.75) is 20.4 Å². The minimum atomic E-state index is 0.766. The third-order valence-electron chi connectivity index (χ3n) is 2.56. The van der Waals surface area contributed by atoms with Gasteiger partial charge < -0.3 is 9.30 Å². The zero-order valence-corrected chi connectivity index (χ0v) is 9.23. The van der Waals surface area contributed by atoms with E-state index in [9.17, 15) is 0 Å². The number of aromatic nitrogens is 2. The van der Waals surface area contributed by atoms with Crippen molar-refractivity contribution in [1.82, 2.24) is 9.55 Å². The number of ether oxygens (including phenoxy) is 1. The fourth-order valence-corrected chi connectivity index (χ4v) is 1.81. The molecule has 0 saturated carbocycles. The van der Waals surface area contributed by atoms with Crippen LogP contribution in [-0.4, -0.2) is 22.8 Å². The second kappa shape index (κ2) is 4.45. The molecule has 3 heteroatoms. The summed E-state index contributed by atoms with van der Waals surface area (Å²) in [4.78, 5) is 4.14. The lowest BCUT2D eigenvalue weighted by Gasteiger charge is -2.04. The second-order valence-electron chi connectivity index (χ2n) is 3.60. The second-order valence-corrected chi connectivity index (χ2v) is 3.60. The van der Waals surface area contributed by atoms with Crippen molar-refractivity contribution in [2.24, 2.45) is 0 Å². The first kappa shape index (κ1) is 10.2. The van der Waals surface area contributed by atoms with Crippen LogP contribution in [0.25, 0.3) is 10.9 Å². The molecule has 3 nitrogen and oxygen atoms in total. The van der Waals surface area contributed by atoms with Gasteiger partial charge in [-0.1, -0.05) is 0 Å². The Hall–Kier alpha value is -1.35.